The molecule has 1 unspecified atom stereocenters. The highest BCUT2D eigenvalue weighted by Gasteiger charge is 2.26. The smallest absolute Gasteiger partial charge is 0.0738 e. The van der Waals surface area contributed by atoms with Crippen LogP contribution in [-0.4, -0.2) is 15.7 Å². The second kappa shape index (κ2) is 5.75. The Bertz CT molecular complexity index is 383. The zero-order valence-corrected chi connectivity index (χ0v) is 12.9. The molecule has 4 heteroatoms. The largest absolute Gasteiger partial charge is 0.271 e. The zero-order chi connectivity index (χ0) is 12.4. The van der Waals surface area contributed by atoms with Crippen LogP contribution in [0.2, 0.25) is 0 Å². The third-order valence-corrected chi connectivity index (χ3v) is 5.41. The first-order valence-electron chi connectivity index (χ1n) is 6.37. The van der Waals surface area contributed by atoms with Crippen LogP contribution in [0, 0.1) is 18.8 Å². The van der Waals surface area contributed by atoms with Crippen molar-refractivity contribution >= 4 is 27.5 Å². The highest BCUT2D eigenvalue weighted by Crippen LogP contribution is 2.35. The molecule has 1 heterocycles. The topological polar surface area (TPSA) is 17.8 Å². The maximum absolute atomic E-state index is 6.16. The molecule has 1 aliphatic rings. The molecule has 1 atom stereocenters. The lowest BCUT2D eigenvalue weighted by molar-refractivity contribution is 0.362. The van der Waals surface area contributed by atoms with E-state index in [1.165, 1.54) is 31.4 Å². The first-order valence-corrected chi connectivity index (χ1v) is 7.70. The number of aryl methyl sites for hydroxylation is 2. The molecule has 96 valence electrons. The van der Waals surface area contributed by atoms with Crippen molar-refractivity contribution in [3.05, 3.63) is 15.9 Å². The van der Waals surface area contributed by atoms with Gasteiger partial charge in [-0.3, -0.25) is 4.68 Å². The van der Waals surface area contributed by atoms with Crippen LogP contribution < -0.4 is 0 Å². The minimum absolute atomic E-state index is 0.602. The van der Waals surface area contributed by atoms with Crippen LogP contribution in [-0.2, 0) is 13.5 Å². The highest BCUT2D eigenvalue weighted by atomic mass is 79.9. The van der Waals surface area contributed by atoms with E-state index < -0.39 is 0 Å². The third kappa shape index (κ3) is 2.87. The minimum atomic E-state index is 0.602. The molecule has 1 aliphatic carbocycles. The van der Waals surface area contributed by atoms with Crippen molar-refractivity contribution in [3.63, 3.8) is 0 Å². The monoisotopic (exact) mass is 318 g/mol. The molecule has 2 rings (SSSR count). The lowest BCUT2D eigenvalue weighted by atomic mass is 9.88. The maximum atomic E-state index is 6.16. The number of hydrogen-bond acceptors (Lipinski definition) is 1. The van der Waals surface area contributed by atoms with Crippen molar-refractivity contribution < 1.29 is 0 Å². The van der Waals surface area contributed by atoms with Gasteiger partial charge in [0, 0.05) is 12.9 Å². The van der Waals surface area contributed by atoms with Crippen LogP contribution >= 0.6 is 27.5 Å². The maximum Gasteiger partial charge on any atom is 0.0738 e. The first-order chi connectivity index (χ1) is 8.13. The van der Waals surface area contributed by atoms with E-state index in [0.717, 1.165) is 28.4 Å². The molecular formula is C13H20BrClN2. The molecule has 0 radical (unpaired) electrons. The molecular weight excluding hydrogens is 300 g/mol. The van der Waals surface area contributed by atoms with Crippen molar-refractivity contribution in [1.82, 2.24) is 9.78 Å². The second-order valence-corrected chi connectivity index (χ2v) is 6.23. The zero-order valence-electron chi connectivity index (χ0n) is 10.5. The summed E-state index contributed by atoms with van der Waals surface area (Å²) in [6.45, 7) is 2.04. The molecule has 0 aliphatic heterocycles. The van der Waals surface area contributed by atoms with E-state index in [9.17, 15) is 0 Å². The van der Waals surface area contributed by atoms with Gasteiger partial charge in [-0.25, -0.2) is 0 Å². The summed E-state index contributed by atoms with van der Waals surface area (Å²) in [4.78, 5) is 0. The van der Waals surface area contributed by atoms with Gasteiger partial charge in [-0.15, -0.1) is 11.6 Å². The van der Waals surface area contributed by atoms with Gasteiger partial charge in [-0.05, 0) is 41.1 Å². The average Bonchev–Trinajstić information content (AvgIpc) is 2.89. The fourth-order valence-electron chi connectivity index (χ4n) is 2.93. The van der Waals surface area contributed by atoms with E-state index in [-0.39, 0.29) is 0 Å². The van der Waals surface area contributed by atoms with Gasteiger partial charge in [0.05, 0.1) is 15.9 Å². The third-order valence-electron chi connectivity index (χ3n) is 3.98. The summed E-state index contributed by atoms with van der Waals surface area (Å²) in [5.41, 5.74) is 2.36. The van der Waals surface area contributed by atoms with E-state index in [4.69, 9.17) is 11.6 Å². The molecule has 1 aromatic rings. The molecule has 17 heavy (non-hydrogen) atoms. The molecule has 0 amide bonds. The number of hydrogen-bond donors (Lipinski definition) is 0. The van der Waals surface area contributed by atoms with E-state index in [1.54, 1.807) is 0 Å². The van der Waals surface area contributed by atoms with E-state index in [0.29, 0.717) is 5.92 Å². The fraction of sp³-hybridized carbons (Fsp3) is 0.769. The van der Waals surface area contributed by atoms with Gasteiger partial charge in [0.25, 0.3) is 0 Å². The Hall–Kier alpha value is -0.0200. The van der Waals surface area contributed by atoms with Gasteiger partial charge in [0.15, 0.2) is 0 Å². The number of rotatable bonds is 4. The van der Waals surface area contributed by atoms with Crippen LogP contribution in [0.3, 0.4) is 0 Å². The first kappa shape index (κ1) is 13.4. The molecule has 1 aromatic heterocycles. The van der Waals surface area contributed by atoms with E-state index in [2.05, 4.69) is 21.0 Å². The molecule has 1 saturated carbocycles. The van der Waals surface area contributed by atoms with Gasteiger partial charge in [-0.1, -0.05) is 25.7 Å². The predicted octanol–water partition coefficient (Wildman–Crippen LogP) is 4.08. The second-order valence-electron chi connectivity index (χ2n) is 5.13. The molecule has 1 fully saturated rings. The SMILES string of the molecule is Cc1nn(C)c(CC(CCl)C2CCCC2)c1Br. The van der Waals surface area contributed by atoms with Crippen LogP contribution in [0.5, 0.6) is 0 Å². The molecule has 0 bridgehead atoms. The van der Waals surface area contributed by atoms with Crippen molar-refractivity contribution in [1.29, 1.82) is 0 Å². The summed E-state index contributed by atoms with van der Waals surface area (Å²) < 4.78 is 3.15. The van der Waals surface area contributed by atoms with Crippen molar-refractivity contribution in [2.75, 3.05) is 5.88 Å². The number of halogens is 2. The average molecular weight is 320 g/mol. The van der Waals surface area contributed by atoms with Gasteiger partial charge in [-0.2, -0.15) is 5.10 Å². The van der Waals surface area contributed by atoms with Gasteiger partial charge >= 0.3 is 0 Å². The summed E-state index contributed by atoms with van der Waals surface area (Å²) in [6, 6.07) is 0. The summed E-state index contributed by atoms with van der Waals surface area (Å²) >= 11 is 9.80. The number of nitrogens with zero attached hydrogens (tertiary/aromatic N) is 2. The highest BCUT2D eigenvalue weighted by molar-refractivity contribution is 9.10. The standard InChI is InChI=1S/C13H20BrClN2/c1-9-13(14)12(17(2)16-9)7-11(8-15)10-5-3-4-6-10/h10-11H,3-8H2,1-2H3. The molecule has 0 saturated heterocycles. The number of aromatic nitrogens is 2. The Kier molecular flexibility index (Phi) is 4.53. The van der Waals surface area contributed by atoms with E-state index >= 15 is 0 Å². The summed E-state index contributed by atoms with van der Waals surface area (Å²) in [6.07, 6.45) is 6.51. The summed E-state index contributed by atoms with van der Waals surface area (Å²) in [5, 5.41) is 4.45. The molecule has 2 nitrogen and oxygen atoms in total. The predicted molar refractivity (Wildman–Crippen MR) is 75.5 cm³/mol. The van der Waals surface area contributed by atoms with Crippen LogP contribution in [0.4, 0.5) is 0 Å². The molecule has 0 N–H and O–H groups in total. The Morgan fingerprint density at radius 2 is 2.12 bits per heavy atom. The lowest BCUT2D eigenvalue weighted by Crippen LogP contribution is -2.18. The Morgan fingerprint density at radius 1 is 1.47 bits per heavy atom. The fourth-order valence-corrected chi connectivity index (χ4v) is 3.79. The van der Waals surface area contributed by atoms with Crippen LogP contribution in [0.1, 0.15) is 37.1 Å². The van der Waals surface area contributed by atoms with Gasteiger partial charge in [0.1, 0.15) is 0 Å². The Labute approximate surface area is 117 Å². The Balaban J connectivity index is 2.12. The normalized spacial score (nSPS) is 18.8. The van der Waals surface area contributed by atoms with Crippen LogP contribution in [0.15, 0.2) is 4.47 Å². The number of alkyl halides is 1. The molecule has 0 aromatic carbocycles. The minimum Gasteiger partial charge on any atom is -0.271 e. The van der Waals surface area contributed by atoms with E-state index in [1.807, 2.05) is 18.7 Å². The Morgan fingerprint density at radius 3 is 2.59 bits per heavy atom. The van der Waals surface area contributed by atoms with Gasteiger partial charge in [0.2, 0.25) is 0 Å². The summed E-state index contributed by atoms with van der Waals surface area (Å²) in [5.74, 6) is 2.18. The van der Waals surface area contributed by atoms with Crippen molar-refractivity contribution in [3.8, 4) is 0 Å². The quantitative estimate of drug-likeness (QED) is 0.765. The summed E-state index contributed by atoms with van der Waals surface area (Å²) in [7, 11) is 2.02. The molecule has 0 spiro atoms. The lowest BCUT2D eigenvalue weighted by Gasteiger charge is -2.21. The van der Waals surface area contributed by atoms with Crippen LogP contribution in [0.25, 0.3) is 0 Å². The van der Waals surface area contributed by atoms with Gasteiger partial charge < -0.3 is 0 Å². The van der Waals surface area contributed by atoms with Crippen molar-refractivity contribution in [2.45, 2.75) is 39.0 Å². The van der Waals surface area contributed by atoms with Crippen molar-refractivity contribution in [2.24, 2.45) is 18.9 Å².